The summed E-state index contributed by atoms with van der Waals surface area (Å²) in [4.78, 5) is 25.4. The maximum Gasteiger partial charge on any atom is 0.343 e. The van der Waals surface area contributed by atoms with Crippen LogP contribution < -0.4 is 19.6 Å². The summed E-state index contributed by atoms with van der Waals surface area (Å²) >= 11 is 3.40. The fourth-order valence-electron chi connectivity index (χ4n) is 2.98. The van der Waals surface area contributed by atoms with Crippen LogP contribution in [0.1, 0.15) is 16.1 Å². The molecule has 0 amide bonds. The summed E-state index contributed by atoms with van der Waals surface area (Å²) in [5.41, 5.74) is 0.347. The molecule has 7 heteroatoms. The average molecular weight is 481 g/mol. The highest BCUT2D eigenvalue weighted by Gasteiger charge is 2.16. The van der Waals surface area contributed by atoms with Crippen LogP contribution in [-0.4, -0.2) is 13.1 Å². The highest BCUT2D eigenvalue weighted by atomic mass is 79.9. The van der Waals surface area contributed by atoms with Crippen LogP contribution in [0, 0.1) is 6.92 Å². The first-order chi connectivity index (χ1) is 15.0. The fourth-order valence-corrected chi connectivity index (χ4v) is 3.35. The summed E-state index contributed by atoms with van der Waals surface area (Å²) in [5, 5.41) is 0.317. The summed E-state index contributed by atoms with van der Waals surface area (Å²) in [7, 11) is 1.55. The van der Waals surface area contributed by atoms with Gasteiger partial charge in [0.05, 0.1) is 22.5 Å². The van der Waals surface area contributed by atoms with Gasteiger partial charge in [-0.15, -0.1) is 0 Å². The molecule has 4 aromatic rings. The van der Waals surface area contributed by atoms with E-state index in [4.69, 9.17) is 18.6 Å². The summed E-state index contributed by atoms with van der Waals surface area (Å²) < 4.78 is 22.8. The molecular formula is C24H17BrO6. The number of hydrogen-bond donors (Lipinski definition) is 0. The number of benzene rings is 3. The number of carbonyl (C=O) groups is 1. The van der Waals surface area contributed by atoms with E-state index in [2.05, 4.69) is 15.9 Å². The predicted molar refractivity (Wildman–Crippen MR) is 119 cm³/mol. The minimum atomic E-state index is -0.532. The van der Waals surface area contributed by atoms with Gasteiger partial charge < -0.3 is 18.6 Å². The number of aryl methyl sites for hydroxylation is 1. The van der Waals surface area contributed by atoms with E-state index in [1.165, 1.54) is 12.1 Å². The van der Waals surface area contributed by atoms with Crippen LogP contribution in [0.15, 0.2) is 80.4 Å². The molecule has 0 aliphatic heterocycles. The Morgan fingerprint density at radius 2 is 1.68 bits per heavy atom. The van der Waals surface area contributed by atoms with E-state index in [1.54, 1.807) is 50.4 Å². The summed E-state index contributed by atoms with van der Waals surface area (Å²) in [6.45, 7) is 1.64. The summed E-state index contributed by atoms with van der Waals surface area (Å²) in [6.07, 6.45) is 0. The number of hydrogen-bond acceptors (Lipinski definition) is 6. The fraction of sp³-hybridized carbons (Fsp3) is 0.0833. The summed E-state index contributed by atoms with van der Waals surface area (Å²) in [6, 6.07) is 18.4. The molecule has 4 rings (SSSR count). The molecule has 0 radical (unpaired) electrons. The molecule has 0 fully saturated rings. The zero-order chi connectivity index (χ0) is 22.0. The maximum atomic E-state index is 13.0. The number of fused-ring (bicyclic) bond motifs is 1. The monoisotopic (exact) mass is 480 g/mol. The van der Waals surface area contributed by atoms with Gasteiger partial charge in [-0.05, 0) is 71.4 Å². The van der Waals surface area contributed by atoms with Crippen molar-refractivity contribution in [1.82, 2.24) is 0 Å². The molecule has 156 valence electrons. The van der Waals surface area contributed by atoms with Crippen molar-refractivity contribution in [2.75, 3.05) is 7.11 Å². The lowest BCUT2D eigenvalue weighted by molar-refractivity contribution is 0.0735. The Morgan fingerprint density at radius 3 is 2.39 bits per heavy atom. The molecule has 6 nitrogen and oxygen atoms in total. The Balaban J connectivity index is 1.63. The molecule has 0 saturated carbocycles. The van der Waals surface area contributed by atoms with Gasteiger partial charge in [0.1, 0.15) is 28.6 Å². The van der Waals surface area contributed by atoms with Gasteiger partial charge in [-0.1, -0.05) is 12.1 Å². The van der Waals surface area contributed by atoms with Crippen molar-refractivity contribution in [1.29, 1.82) is 0 Å². The van der Waals surface area contributed by atoms with Crippen molar-refractivity contribution in [3.63, 3.8) is 0 Å². The van der Waals surface area contributed by atoms with Gasteiger partial charge >= 0.3 is 5.97 Å². The Hall–Kier alpha value is -3.58. The van der Waals surface area contributed by atoms with E-state index in [9.17, 15) is 9.59 Å². The van der Waals surface area contributed by atoms with E-state index in [-0.39, 0.29) is 16.9 Å². The number of carbonyl (C=O) groups excluding carboxylic acids is 1. The molecule has 1 aromatic heterocycles. The number of halogens is 1. The second kappa shape index (κ2) is 8.65. The lowest BCUT2D eigenvalue weighted by atomic mass is 10.2. The van der Waals surface area contributed by atoms with Crippen molar-refractivity contribution in [3.8, 4) is 23.0 Å². The van der Waals surface area contributed by atoms with E-state index < -0.39 is 5.97 Å². The van der Waals surface area contributed by atoms with Gasteiger partial charge in [-0.25, -0.2) is 4.79 Å². The van der Waals surface area contributed by atoms with E-state index >= 15 is 0 Å². The average Bonchev–Trinajstić information content (AvgIpc) is 2.77. The Kier molecular flexibility index (Phi) is 5.77. The van der Waals surface area contributed by atoms with Gasteiger partial charge in [0.15, 0.2) is 0 Å². The van der Waals surface area contributed by atoms with Crippen molar-refractivity contribution in [3.05, 3.63) is 92.7 Å². The predicted octanol–water partition coefficient (Wildman–Crippen LogP) is 5.88. The molecule has 0 aliphatic rings. The highest BCUT2D eigenvalue weighted by molar-refractivity contribution is 9.10. The number of para-hydroxylation sites is 1. The first kappa shape index (κ1) is 20.7. The maximum absolute atomic E-state index is 13.0. The second-order valence-corrected chi connectivity index (χ2v) is 7.48. The van der Waals surface area contributed by atoms with Gasteiger partial charge in [0.2, 0.25) is 11.2 Å². The van der Waals surface area contributed by atoms with Crippen molar-refractivity contribution < 1.29 is 23.4 Å². The van der Waals surface area contributed by atoms with E-state index in [0.717, 1.165) is 4.47 Å². The lowest BCUT2D eigenvalue weighted by Gasteiger charge is -2.11. The largest absolute Gasteiger partial charge is 0.497 e. The minimum absolute atomic E-state index is 0.0994. The van der Waals surface area contributed by atoms with Crippen LogP contribution in [0.5, 0.6) is 23.0 Å². The van der Waals surface area contributed by atoms with Crippen LogP contribution in [0.2, 0.25) is 0 Å². The highest BCUT2D eigenvalue weighted by Crippen LogP contribution is 2.31. The van der Waals surface area contributed by atoms with Gasteiger partial charge in [-0.3, -0.25) is 4.79 Å². The number of esters is 1. The standard InChI is InChI=1S/C24H17BrO6/c1-14-23(31-20-6-4-3-5-19(20)25)22(26)18-12-11-17(13-21(18)29-14)30-24(27)15-7-9-16(28-2)10-8-15/h3-13H,1-2H3. The molecule has 0 N–H and O–H groups in total. The van der Waals surface area contributed by atoms with Gasteiger partial charge in [0.25, 0.3) is 0 Å². The Morgan fingerprint density at radius 1 is 0.968 bits per heavy atom. The Bertz CT molecular complexity index is 1320. The van der Waals surface area contributed by atoms with Crippen molar-refractivity contribution >= 4 is 32.9 Å². The van der Waals surface area contributed by atoms with E-state index in [1.807, 2.05) is 18.2 Å². The van der Waals surface area contributed by atoms with E-state index in [0.29, 0.717) is 33.8 Å². The molecule has 0 aliphatic carbocycles. The van der Waals surface area contributed by atoms with Crippen LogP contribution in [-0.2, 0) is 0 Å². The quantitative estimate of drug-likeness (QED) is 0.262. The molecule has 1 heterocycles. The third kappa shape index (κ3) is 4.32. The molecule has 3 aromatic carbocycles. The number of rotatable bonds is 5. The molecule has 0 atom stereocenters. The normalized spacial score (nSPS) is 10.7. The molecule has 0 bridgehead atoms. The molecule has 0 spiro atoms. The summed E-state index contributed by atoms with van der Waals surface area (Å²) in [5.74, 6) is 1.28. The van der Waals surface area contributed by atoms with Crippen LogP contribution in [0.4, 0.5) is 0 Å². The molecular weight excluding hydrogens is 464 g/mol. The second-order valence-electron chi connectivity index (χ2n) is 6.62. The van der Waals surface area contributed by atoms with Gasteiger partial charge in [0, 0.05) is 6.07 Å². The first-order valence-electron chi connectivity index (χ1n) is 9.32. The molecule has 31 heavy (non-hydrogen) atoms. The lowest BCUT2D eigenvalue weighted by Crippen LogP contribution is -2.10. The zero-order valence-corrected chi connectivity index (χ0v) is 18.3. The van der Waals surface area contributed by atoms with Crippen LogP contribution in [0.25, 0.3) is 11.0 Å². The van der Waals surface area contributed by atoms with Crippen LogP contribution >= 0.6 is 15.9 Å². The number of methoxy groups -OCH3 is 1. The molecule has 0 saturated heterocycles. The first-order valence-corrected chi connectivity index (χ1v) is 10.1. The van der Waals surface area contributed by atoms with Crippen molar-refractivity contribution in [2.24, 2.45) is 0 Å². The van der Waals surface area contributed by atoms with Crippen molar-refractivity contribution in [2.45, 2.75) is 6.92 Å². The SMILES string of the molecule is COc1ccc(C(=O)Oc2ccc3c(=O)c(Oc4ccccc4Br)c(C)oc3c2)cc1. The minimum Gasteiger partial charge on any atom is -0.497 e. The van der Waals surface area contributed by atoms with Crippen LogP contribution in [0.3, 0.4) is 0 Å². The zero-order valence-electron chi connectivity index (χ0n) is 16.7. The third-order valence-corrected chi connectivity index (χ3v) is 5.23. The van der Waals surface area contributed by atoms with Gasteiger partial charge in [-0.2, -0.15) is 0 Å². The third-order valence-electron chi connectivity index (χ3n) is 4.57. The molecule has 0 unspecified atom stereocenters. The number of ether oxygens (including phenoxy) is 3. The smallest absolute Gasteiger partial charge is 0.343 e. The topological polar surface area (TPSA) is 75.0 Å². The Labute approximate surface area is 186 Å².